The molecule has 0 aromatic heterocycles. The van der Waals surface area contributed by atoms with Crippen LogP contribution in [0.25, 0.3) is 0 Å². The standard InChI is InChI=1S/C13H27NO/c1-3-5-6-12(15)13(10-14)8-7-11(4-2)9-13/h11-12,15H,3-10,14H2,1-2H3. The zero-order chi connectivity index (χ0) is 11.3. The van der Waals surface area contributed by atoms with E-state index in [1.807, 2.05) is 0 Å². The predicted octanol–water partition coefficient (Wildman–Crippen LogP) is 2.69. The Hall–Kier alpha value is -0.0800. The Morgan fingerprint density at radius 1 is 1.47 bits per heavy atom. The van der Waals surface area contributed by atoms with Crippen molar-refractivity contribution in [3.05, 3.63) is 0 Å². The van der Waals surface area contributed by atoms with E-state index in [1.165, 1.54) is 12.8 Å². The molecule has 2 nitrogen and oxygen atoms in total. The Labute approximate surface area is 94.2 Å². The van der Waals surface area contributed by atoms with Gasteiger partial charge in [0.25, 0.3) is 0 Å². The molecule has 0 spiro atoms. The Morgan fingerprint density at radius 3 is 2.67 bits per heavy atom. The van der Waals surface area contributed by atoms with Crippen molar-refractivity contribution >= 4 is 0 Å². The lowest BCUT2D eigenvalue weighted by Gasteiger charge is -2.33. The fourth-order valence-electron chi connectivity index (χ4n) is 2.95. The topological polar surface area (TPSA) is 46.2 Å². The molecule has 3 N–H and O–H groups in total. The molecular weight excluding hydrogens is 186 g/mol. The summed E-state index contributed by atoms with van der Waals surface area (Å²) in [5, 5.41) is 10.3. The van der Waals surface area contributed by atoms with Crippen LogP contribution in [0.1, 0.15) is 58.8 Å². The lowest BCUT2D eigenvalue weighted by molar-refractivity contribution is 0.0235. The second-order valence-electron chi connectivity index (χ2n) is 5.24. The van der Waals surface area contributed by atoms with Crippen molar-refractivity contribution < 1.29 is 5.11 Å². The summed E-state index contributed by atoms with van der Waals surface area (Å²) in [5.41, 5.74) is 5.95. The number of aliphatic hydroxyl groups is 1. The van der Waals surface area contributed by atoms with Crippen LogP contribution in [0.5, 0.6) is 0 Å². The fourth-order valence-corrected chi connectivity index (χ4v) is 2.95. The van der Waals surface area contributed by atoms with Crippen molar-refractivity contribution in [2.24, 2.45) is 17.1 Å². The molecule has 0 saturated heterocycles. The molecule has 0 aliphatic heterocycles. The van der Waals surface area contributed by atoms with E-state index in [-0.39, 0.29) is 11.5 Å². The summed E-state index contributed by atoms with van der Waals surface area (Å²) in [4.78, 5) is 0. The number of hydrogen-bond acceptors (Lipinski definition) is 2. The maximum atomic E-state index is 10.3. The zero-order valence-electron chi connectivity index (χ0n) is 10.3. The largest absolute Gasteiger partial charge is 0.393 e. The van der Waals surface area contributed by atoms with E-state index in [1.54, 1.807) is 0 Å². The monoisotopic (exact) mass is 213 g/mol. The second-order valence-corrected chi connectivity index (χ2v) is 5.24. The normalized spacial score (nSPS) is 33.2. The maximum absolute atomic E-state index is 10.3. The van der Waals surface area contributed by atoms with Crippen molar-refractivity contribution in [2.75, 3.05) is 6.54 Å². The number of aliphatic hydroxyl groups excluding tert-OH is 1. The van der Waals surface area contributed by atoms with E-state index in [0.29, 0.717) is 6.54 Å². The van der Waals surface area contributed by atoms with Crippen molar-refractivity contribution in [3.8, 4) is 0 Å². The lowest BCUT2D eigenvalue weighted by Crippen LogP contribution is -2.39. The molecule has 1 fully saturated rings. The van der Waals surface area contributed by atoms with Gasteiger partial charge in [-0.3, -0.25) is 0 Å². The van der Waals surface area contributed by atoms with Gasteiger partial charge in [-0.25, -0.2) is 0 Å². The first kappa shape index (κ1) is 13.0. The van der Waals surface area contributed by atoms with Crippen LogP contribution in [-0.4, -0.2) is 17.8 Å². The number of nitrogens with two attached hydrogens (primary N) is 1. The van der Waals surface area contributed by atoms with Gasteiger partial charge in [0.2, 0.25) is 0 Å². The highest BCUT2D eigenvalue weighted by Gasteiger charge is 2.42. The van der Waals surface area contributed by atoms with Crippen LogP contribution in [0.2, 0.25) is 0 Å². The van der Waals surface area contributed by atoms with E-state index in [0.717, 1.165) is 38.0 Å². The molecule has 1 aliphatic carbocycles. The van der Waals surface area contributed by atoms with Gasteiger partial charge >= 0.3 is 0 Å². The summed E-state index contributed by atoms with van der Waals surface area (Å²) in [6, 6.07) is 0. The molecule has 15 heavy (non-hydrogen) atoms. The third-order valence-electron chi connectivity index (χ3n) is 4.27. The maximum Gasteiger partial charge on any atom is 0.0608 e. The zero-order valence-corrected chi connectivity index (χ0v) is 10.3. The smallest absolute Gasteiger partial charge is 0.0608 e. The van der Waals surface area contributed by atoms with Crippen LogP contribution in [-0.2, 0) is 0 Å². The van der Waals surface area contributed by atoms with E-state index in [9.17, 15) is 5.11 Å². The van der Waals surface area contributed by atoms with Crippen molar-refractivity contribution in [3.63, 3.8) is 0 Å². The molecule has 0 aromatic carbocycles. The summed E-state index contributed by atoms with van der Waals surface area (Å²) in [7, 11) is 0. The Balaban J connectivity index is 2.53. The first-order valence-corrected chi connectivity index (χ1v) is 6.56. The van der Waals surface area contributed by atoms with Crippen LogP contribution >= 0.6 is 0 Å². The quantitative estimate of drug-likeness (QED) is 0.712. The Kier molecular flexibility index (Phi) is 5.07. The summed E-state index contributed by atoms with van der Waals surface area (Å²) in [5.74, 6) is 0.796. The minimum absolute atomic E-state index is 0.0514. The van der Waals surface area contributed by atoms with Crippen molar-refractivity contribution in [1.29, 1.82) is 0 Å². The van der Waals surface area contributed by atoms with Crippen LogP contribution < -0.4 is 5.73 Å². The van der Waals surface area contributed by atoms with Gasteiger partial charge in [-0.1, -0.05) is 33.1 Å². The fraction of sp³-hybridized carbons (Fsp3) is 1.00. The highest BCUT2D eigenvalue weighted by atomic mass is 16.3. The van der Waals surface area contributed by atoms with Crippen molar-refractivity contribution in [2.45, 2.75) is 64.9 Å². The Bertz CT molecular complexity index is 183. The summed E-state index contributed by atoms with van der Waals surface area (Å²) >= 11 is 0. The van der Waals surface area contributed by atoms with Gasteiger partial charge < -0.3 is 10.8 Å². The van der Waals surface area contributed by atoms with E-state index < -0.39 is 0 Å². The SMILES string of the molecule is CCCCC(O)C1(CN)CCC(CC)C1. The van der Waals surface area contributed by atoms with Gasteiger partial charge in [0, 0.05) is 12.0 Å². The first-order valence-electron chi connectivity index (χ1n) is 6.56. The van der Waals surface area contributed by atoms with Gasteiger partial charge in [0.1, 0.15) is 0 Å². The molecule has 0 bridgehead atoms. The highest BCUT2D eigenvalue weighted by Crippen LogP contribution is 2.45. The molecule has 0 heterocycles. The summed E-state index contributed by atoms with van der Waals surface area (Å²) < 4.78 is 0. The molecule has 0 aromatic rings. The number of unbranched alkanes of at least 4 members (excludes halogenated alkanes) is 1. The summed E-state index contributed by atoms with van der Waals surface area (Å²) in [6.07, 6.45) is 7.83. The third kappa shape index (κ3) is 2.94. The van der Waals surface area contributed by atoms with E-state index in [4.69, 9.17) is 5.73 Å². The van der Waals surface area contributed by atoms with Gasteiger partial charge in [0.05, 0.1) is 6.10 Å². The molecule has 3 unspecified atom stereocenters. The predicted molar refractivity (Wildman–Crippen MR) is 64.7 cm³/mol. The second kappa shape index (κ2) is 5.86. The van der Waals surface area contributed by atoms with Gasteiger partial charge in [-0.15, -0.1) is 0 Å². The molecule has 0 radical (unpaired) electrons. The molecule has 90 valence electrons. The molecule has 0 amide bonds. The van der Waals surface area contributed by atoms with Crippen LogP contribution in [0.3, 0.4) is 0 Å². The molecule has 1 saturated carbocycles. The van der Waals surface area contributed by atoms with Crippen LogP contribution in [0.15, 0.2) is 0 Å². The van der Waals surface area contributed by atoms with E-state index in [2.05, 4.69) is 13.8 Å². The van der Waals surface area contributed by atoms with E-state index >= 15 is 0 Å². The average Bonchev–Trinajstić information content (AvgIpc) is 2.70. The Morgan fingerprint density at radius 2 is 2.20 bits per heavy atom. The van der Waals surface area contributed by atoms with Gasteiger partial charge in [-0.05, 0) is 31.6 Å². The number of rotatable bonds is 6. The number of hydrogen-bond donors (Lipinski definition) is 2. The minimum atomic E-state index is -0.168. The van der Waals surface area contributed by atoms with Gasteiger partial charge in [0.15, 0.2) is 0 Å². The molecule has 1 aliphatic rings. The molecule has 1 rings (SSSR count). The molecule has 2 heteroatoms. The first-order chi connectivity index (χ1) is 7.18. The van der Waals surface area contributed by atoms with Crippen LogP contribution in [0, 0.1) is 11.3 Å². The molecular formula is C13H27NO. The summed E-state index contributed by atoms with van der Waals surface area (Å²) in [6.45, 7) is 5.08. The highest BCUT2D eigenvalue weighted by molar-refractivity contribution is 4.94. The average molecular weight is 213 g/mol. The third-order valence-corrected chi connectivity index (χ3v) is 4.27. The van der Waals surface area contributed by atoms with Crippen molar-refractivity contribution in [1.82, 2.24) is 0 Å². The minimum Gasteiger partial charge on any atom is -0.393 e. The van der Waals surface area contributed by atoms with Crippen LogP contribution in [0.4, 0.5) is 0 Å². The van der Waals surface area contributed by atoms with Gasteiger partial charge in [-0.2, -0.15) is 0 Å². The lowest BCUT2D eigenvalue weighted by atomic mass is 9.77. The molecule has 3 atom stereocenters.